The first-order valence-electron chi connectivity index (χ1n) is 14.4. The Kier molecular flexibility index (Phi) is 8.53. The fraction of sp³-hybridized carbons (Fsp3) is 0.484. The van der Waals surface area contributed by atoms with E-state index in [1.165, 1.54) is 12.3 Å². The highest BCUT2D eigenvalue weighted by Gasteiger charge is 2.44. The molecule has 1 amide bonds. The number of likely N-dealkylation sites (tertiary alicyclic amines) is 1. The van der Waals surface area contributed by atoms with Gasteiger partial charge in [0.25, 0.3) is 0 Å². The second kappa shape index (κ2) is 11.8. The van der Waals surface area contributed by atoms with Gasteiger partial charge in [-0.05, 0) is 82.8 Å². The Morgan fingerprint density at radius 1 is 1.07 bits per heavy atom. The number of carbonyl (C=O) groups excluding carboxylic acids is 1. The molecular formula is C31H37F3N4O3S. The molecule has 3 aromatic rings. The summed E-state index contributed by atoms with van der Waals surface area (Å²) in [5, 5.41) is 3.75. The van der Waals surface area contributed by atoms with Crippen LogP contribution in [-0.2, 0) is 20.8 Å². The van der Waals surface area contributed by atoms with E-state index in [-0.39, 0.29) is 40.1 Å². The molecule has 5 rings (SSSR count). The van der Waals surface area contributed by atoms with Crippen LogP contribution in [0, 0.1) is 5.92 Å². The first-order valence-corrected chi connectivity index (χ1v) is 16.0. The molecule has 2 fully saturated rings. The van der Waals surface area contributed by atoms with Crippen LogP contribution in [0.5, 0.6) is 0 Å². The minimum atomic E-state index is -4.48. The fourth-order valence-corrected chi connectivity index (χ4v) is 8.10. The van der Waals surface area contributed by atoms with Crippen molar-refractivity contribution in [2.45, 2.75) is 74.8 Å². The average Bonchev–Trinajstić information content (AvgIpc) is 3.31. The van der Waals surface area contributed by atoms with Crippen LogP contribution in [-0.4, -0.2) is 72.6 Å². The Morgan fingerprint density at radius 2 is 1.81 bits per heavy atom. The third-order valence-electron chi connectivity index (χ3n) is 8.88. The van der Waals surface area contributed by atoms with Crippen LogP contribution in [0.1, 0.15) is 45.1 Å². The highest BCUT2D eigenvalue weighted by Crippen LogP contribution is 2.37. The van der Waals surface area contributed by atoms with E-state index >= 15 is 0 Å². The molecule has 7 nitrogen and oxygen atoms in total. The van der Waals surface area contributed by atoms with Gasteiger partial charge in [-0.15, -0.1) is 0 Å². The summed E-state index contributed by atoms with van der Waals surface area (Å²) in [5.41, 5.74) is -0.0479. The summed E-state index contributed by atoms with van der Waals surface area (Å²) in [6, 6.07) is 13.2. The van der Waals surface area contributed by atoms with Crippen molar-refractivity contribution >= 4 is 32.3 Å². The molecule has 2 heterocycles. The molecule has 0 spiro atoms. The lowest BCUT2D eigenvalue weighted by atomic mass is 9.81. The number of amides is 1. The third-order valence-corrected chi connectivity index (χ3v) is 10.7. The van der Waals surface area contributed by atoms with E-state index in [2.05, 4.69) is 36.1 Å². The molecule has 2 aromatic carbocycles. The second-order valence-electron chi connectivity index (χ2n) is 11.8. The predicted molar refractivity (Wildman–Crippen MR) is 157 cm³/mol. The van der Waals surface area contributed by atoms with Gasteiger partial charge in [0.2, 0.25) is 5.91 Å². The molecule has 0 radical (unpaired) electrons. The molecule has 11 heteroatoms. The Morgan fingerprint density at radius 3 is 2.50 bits per heavy atom. The van der Waals surface area contributed by atoms with Crippen LogP contribution in [0.25, 0.3) is 10.9 Å². The molecule has 1 saturated heterocycles. The smallest absolute Gasteiger partial charge is 0.373 e. The Balaban J connectivity index is 1.37. The van der Waals surface area contributed by atoms with E-state index in [0.29, 0.717) is 42.9 Å². The van der Waals surface area contributed by atoms with Gasteiger partial charge >= 0.3 is 6.18 Å². The lowest BCUT2D eigenvalue weighted by Crippen LogP contribution is -2.52. The number of hydrogen-bond acceptors (Lipinski definition) is 6. The van der Waals surface area contributed by atoms with Crippen molar-refractivity contribution in [2.75, 3.05) is 24.7 Å². The predicted octanol–water partition coefficient (Wildman–Crippen LogP) is 5.62. The number of aromatic nitrogens is 1. The first kappa shape index (κ1) is 30.3. The number of nitrogens with one attached hydrogen (secondary N) is 1. The lowest BCUT2D eigenvalue weighted by Gasteiger charge is -2.44. The standard InChI is InChI=1S/C31H37F3N4O3S/c1-20(2)37(3)23-10-12-29(21(17-23)19-42(40,41)24-7-5-4-6-8-24)38-16-14-27(30(38)39)36-26-13-15-35-28-18-22(31(32,33)34)9-11-25(26)28/h4-9,11,13,15,18,20-21,23,27,29H,10,12,14,16-17,19H2,1-3H3,(H,35,36)/t21-,23+,27+,29-/m0/s1. The molecule has 1 aromatic heterocycles. The zero-order chi connectivity index (χ0) is 30.2. The number of rotatable bonds is 8. The number of benzene rings is 2. The molecule has 1 aliphatic carbocycles. The molecule has 4 atom stereocenters. The highest BCUT2D eigenvalue weighted by atomic mass is 32.2. The van der Waals surface area contributed by atoms with Crippen LogP contribution in [0.15, 0.2) is 65.7 Å². The van der Waals surface area contributed by atoms with Crippen molar-refractivity contribution in [1.29, 1.82) is 0 Å². The number of carbonyl (C=O) groups is 1. The Hall–Kier alpha value is -3.18. The van der Waals surface area contributed by atoms with Gasteiger partial charge in [0.1, 0.15) is 6.04 Å². The average molecular weight is 603 g/mol. The molecule has 2 aliphatic rings. The summed E-state index contributed by atoms with van der Waals surface area (Å²) in [5.74, 6) is -0.391. The van der Waals surface area contributed by atoms with Gasteiger partial charge in [0.05, 0.1) is 21.7 Å². The number of halogens is 3. The highest BCUT2D eigenvalue weighted by molar-refractivity contribution is 7.91. The number of sulfone groups is 1. The monoisotopic (exact) mass is 602 g/mol. The van der Waals surface area contributed by atoms with Gasteiger partial charge < -0.3 is 15.1 Å². The SMILES string of the molecule is CC(C)N(C)[C@@H]1CC[C@H](N2CC[C@@H](Nc3ccnc4cc(C(F)(F)F)ccc34)C2=O)[C@H](CS(=O)(=O)c2ccccc2)C1. The normalized spacial score (nSPS) is 23.7. The minimum absolute atomic E-state index is 0.0392. The van der Waals surface area contributed by atoms with Gasteiger partial charge in [-0.2, -0.15) is 13.2 Å². The van der Waals surface area contributed by atoms with E-state index in [1.807, 2.05) is 4.90 Å². The summed E-state index contributed by atoms with van der Waals surface area (Å²) in [6.45, 7) is 4.72. The maximum atomic E-state index is 13.8. The second-order valence-corrected chi connectivity index (χ2v) is 13.8. The Labute approximate surface area is 245 Å². The van der Waals surface area contributed by atoms with Crippen molar-refractivity contribution in [3.05, 3.63) is 66.4 Å². The van der Waals surface area contributed by atoms with Crippen LogP contribution >= 0.6 is 0 Å². The van der Waals surface area contributed by atoms with Crippen molar-refractivity contribution in [1.82, 2.24) is 14.8 Å². The fourth-order valence-electron chi connectivity index (χ4n) is 6.41. The van der Waals surface area contributed by atoms with Crippen molar-refractivity contribution in [3.8, 4) is 0 Å². The lowest BCUT2D eigenvalue weighted by molar-refractivity contribution is -0.137. The first-order chi connectivity index (χ1) is 19.8. The van der Waals surface area contributed by atoms with Gasteiger partial charge in [0.15, 0.2) is 9.84 Å². The Bertz CT molecular complexity index is 1530. The van der Waals surface area contributed by atoms with Crippen molar-refractivity contribution < 1.29 is 26.4 Å². The topological polar surface area (TPSA) is 82.6 Å². The number of pyridine rings is 1. The molecule has 0 unspecified atom stereocenters. The number of anilines is 1. The van der Waals surface area contributed by atoms with E-state index in [4.69, 9.17) is 0 Å². The summed E-state index contributed by atoms with van der Waals surface area (Å²) < 4.78 is 66.6. The molecular weight excluding hydrogens is 565 g/mol. The molecule has 226 valence electrons. The third kappa shape index (κ3) is 6.27. The molecule has 1 saturated carbocycles. The van der Waals surface area contributed by atoms with Crippen LogP contribution in [0.3, 0.4) is 0 Å². The molecule has 42 heavy (non-hydrogen) atoms. The van der Waals surface area contributed by atoms with Crippen LogP contribution < -0.4 is 5.32 Å². The maximum absolute atomic E-state index is 13.8. The zero-order valence-electron chi connectivity index (χ0n) is 24.0. The van der Waals surface area contributed by atoms with Crippen LogP contribution in [0.4, 0.5) is 18.9 Å². The number of alkyl halides is 3. The minimum Gasteiger partial charge on any atom is -0.373 e. The number of fused-ring (bicyclic) bond motifs is 1. The molecule has 1 N–H and O–H groups in total. The summed E-state index contributed by atoms with van der Waals surface area (Å²) >= 11 is 0. The van der Waals surface area contributed by atoms with Crippen molar-refractivity contribution in [3.63, 3.8) is 0 Å². The zero-order valence-corrected chi connectivity index (χ0v) is 24.8. The number of hydrogen-bond donors (Lipinski definition) is 1. The van der Waals surface area contributed by atoms with E-state index in [9.17, 15) is 26.4 Å². The van der Waals surface area contributed by atoms with Gasteiger partial charge in [-0.25, -0.2) is 8.42 Å². The molecule has 0 bridgehead atoms. The van der Waals surface area contributed by atoms with E-state index in [1.54, 1.807) is 36.4 Å². The molecule has 1 aliphatic heterocycles. The van der Waals surface area contributed by atoms with E-state index in [0.717, 1.165) is 18.6 Å². The van der Waals surface area contributed by atoms with Gasteiger partial charge in [-0.1, -0.05) is 24.3 Å². The quantitative estimate of drug-likeness (QED) is 0.361. The van der Waals surface area contributed by atoms with E-state index < -0.39 is 27.6 Å². The number of nitrogens with zero attached hydrogens (tertiary/aromatic N) is 3. The maximum Gasteiger partial charge on any atom is 0.416 e. The largest absolute Gasteiger partial charge is 0.416 e. The summed E-state index contributed by atoms with van der Waals surface area (Å²) in [6.07, 6.45) is -0.308. The van der Waals surface area contributed by atoms with Crippen LogP contribution in [0.2, 0.25) is 0 Å². The summed E-state index contributed by atoms with van der Waals surface area (Å²) in [4.78, 5) is 22.3. The van der Waals surface area contributed by atoms with Crippen molar-refractivity contribution in [2.24, 2.45) is 5.92 Å². The summed E-state index contributed by atoms with van der Waals surface area (Å²) in [7, 11) is -1.50. The van der Waals surface area contributed by atoms with Gasteiger partial charge in [-0.3, -0.25) is 9.78 Å². The van der Waals surface area contributed by atoms with Gasteiger partial charge in [0, 0.05) is 41.9 Å².